The third-order valence-corrected chi connectivity index (χ3v) is 11.8. The molecular formula is C41H80O9S. The molecule has 0 aromatic carbocycles. The van der Waals surface area contributed by atoms with Gasteiger partial charge in [-0.15, -0.1) is 0 Å². The van der Waals surface area contributed by atoms with Gasteiger partial charge in [-0.05, 0) is 40.5 Å². The minimum absolute atomic E-state index is 0.0963. The Hall–Kier alpha value is -0.910. The lowest BCUT2D eigenvalue weighted by atomic mass is 9.53. The molecule has 0 radical (unpaired) electrons. The summed E-state index contributed by atoms with van der Waals surface area (Å²) >= 11 is 0. The molecule has 0 bridgehead atoms. The number of carbonyl (C=O) groups excluding carboxylic acids is 2. The Balaban J connectivity index is 5.23. The highest BCUT2D eigenvalue weighted by atomic mass is 32.3. The molecule has 0 spiro atoms. The quantitative estimate of drug-likeness (QED) is 0.0361. The van der Waals surface area contributed by atoms with Crippen molar-refractivity contribution in [3.05, 3.63) is 0 Å². The SMILES string of the molecule is CCCCCCCCCCCCCCCC(=O)C(C)(O)C(C(C)O)(C(C)OS(=O)(=O)O)C(C)(O)C(=O)CCCCCCCCCCCCCCC. The maximum Gasteiger partial charge on any atom is 0.397 e. The molecule has 4 N–H and O–H groups in total. The molecule has 51 heavy (non-hydrogen) atoms. The first-order valence-electron chi connectivity index (χ1n) is 20.9. The normalized spacial score (nSPS) is 17.0. The summed E-state index contributed by atoms with van der Waals surface area (Å²) in [6.07, 6.45) is 25.1. The van der Waals surface area contributed by atoms with Crippen LogP contribution in [0.4, 0.5) is 0 Å². The van der Waals surface area contributed by atoms with Gasteiger partial charge in [-0.1, -0.05) is 168 Å². The molecule has 0 aromatic heterocycles. The van der Waals surface area contributed by atoms with Crippen molar-refractivity contribution in [2.75, 3.05) is 0 Å². The van der Waals surface area contributed by atoms with Crippen LogP contribution in [0.25, 0.3) is 0 Å². The smallest absolute Gasteiger partial charge is 0.392 e. The maximum absolute atomic E-state index is 13.7. The minimum Gasteiger partial charge on any atom is -0.392 e. The molecule has 9 nitrogen and oxygen atoms in total. The van der Waals surface area contributed by atoms with E-state index in [1.54, 1.807) is 0 Å². The molecule has 4 unspecified atom stereocenters. The molecule has 10 heteroatoms. The van der Waals surface area contributed by atoms with E-state index in [4.69, 9.17) is 4.18 Å². The molecular weight excluding hydrogens is 669 g/mol. The van der Waals surface area contributed by atoms with E-state index in [1.807, 2.05) is 0 Å². The number of carbonyl (C=O) groups is 2. The lowest BCUT2D eigenvalue weighted by molar-refractivity contribution is -0.246. The van der Waals surface area contributed by atoms with Gasteiger partial charge in [0.05, 0.1) is 17.6 Å². The largest absolute Gasteiger partial charge is 0.397 e. The number of ketones is 2. The molecule has 0 aliphatic rings. The molecule has 0 heterocycles. The predicted molar refractivity (Wildman–Crippen MR) is 208 cm³/mol. The van der Waals surface area contributed by atoms with Gasteiger partial charge in [0.1, 0.15) is 11.2 Å². The summed E-state index contributed by atoms with van der Waals surface area (Å²) < 4.78 is 38.1. The minimum atomic E-state index is -5.15. The van der Waals surface area contributed by atoms with Crippen LogP contribution in [0.2, 0.25) is 0 Å². The van der Waals surface area contributed by atoms with Gasteiger partial charge in [0, 0.05) is 12.8 Å². The van der Waals surface area contributed by atoms with Gasteiger partial charge in [-0.25, -0.2) is 4.18 Å². The van der Waals surface area contributed by atoms with Crippen molar-refractivity contribution in [2.45, 2.75) is 245 Å². The van der Waals surface area contributed by atoms with E-state index in [9.17, 15) is 37.9 Å². The maximum atomic E-state index is 13.7. The summed E-state index contributed by atoms with van der Waals surface area (Å²) in [7, 11) is -5.15. The van der Waals surface area contributed by atoms with Gasteiger partial charge in [-0.2, -0.15) is 8.42 Å². The zero-order valence-corrected chi connectivity index (χ0v) is 34.5. The Kier molecular flexibility index (Phi) is 27.1. The van der Waals surface area contributed by atoms with Crippen molar-refractivity contribution in [1.29, 1.82) is 0 Å². The fourth-order valence-electron chi connectivity index (χ4n) is 8.23. The van der Waals surface area contributed by atoms with E-state index in [2.05, 4.69) is 13.8 Å². The summed E-state index contributed by atoms with van der Waals surface area (Å²) in [6.45, 7) is 8.95. The van der Waals surface area contributed by atoms with E-state index in [0.717, 1.165) is 72.1 Å². The van der Waals surface area contributed by atoms with Gasteiger partial charge in [0.15, 0.2) is 11.6 Å². The third-order valence-electron chi connectivity index (χ3n) is 11.3. The topological polar surface area (TPSA) is 158 Å². The fraction of sp³-hybridized carbons (Fsp3) is 0.951. The second kappa shape index (κ2) is 27.6. The molecule has 4 atom stereocenters. The average Bonchev–Trinajstić information content (AvgIpc) is 3.04. The third kappa shape index (κ3) is 18.8. The second-order valence-corrected chi connectivity index (χ2v) is 16.7. The first-order valence-corrected chi connectivity index (χ1v) is 22.3. The standard InChI is InChI=1S/C41H80O9S/c1-7-9-11-13-15-17-19-21-23-25-27-29-31-33-37(43)39(5,45)41(35(3)42,36(4)50-51(47,48)49)40(6,46)38(44)34-32-30-28-26-24-22-20-18-16-14-12-10-8-2/h35-36,42,45-46H,7-34H2,1-6H3,(H,47,48,49). The molecule has 0 saturated carbocycles. The van der Waals surface area contributed by atoms with Crippen LogP contribution in [0.15, 0.2) is 0 Å². The fourth-order valence-corrected chi connectivity index (χ4v) is 8.75. The summed E-state index contributed by atoms with van der Waals surface area (Å²) in [5, 5.41) is 35.0. The highest BCUT2D eigenvalue weighted by molar-refractivity contribution is 7.80. The summed E-state index contributed by atoms with van der Waals surface area (Å²) in [5.74, 6) is -1.49. The zero-order valence-electron chi connectivity index (χ0n) is 33.7. The van der Waals surface area contributed by atoms with Gasteiger partial charge < -0.3 is 15.3 Å². The summed E-state index contributed by atoms with van der Waals surface area (Å²) in [6, 6.07) is 0. The Morgan fingerprint density at radius 3 is 0.980 bits per heavy atom. The van der Waals surface area contributed by atoms with Crippen molar-refractivity contribution in [1.82, 2.24) is 0 Å². The van der Waals surface area contributed by atoms with Crippen LogP contribution in [0.5, 0.6) is 0 Å². The number of aliphatic hydroxyl groups excluding tert-OH is 1. The van der Waals surface area contributed by atoms with Crippen LogP contribution in [0, 0.1) is 5.41 Å². The molecule has 0 saturated heterocycles. The monoisotopic (exact) mass is 749 g/mol. The van der Waals surface area contributed by atoms with Crippen LogP contribution in [-0.4, -0.2) is 63.3 Å². The number of hydrogen-bond donors (Lipinski definition) is 4. The van der Waals surface area contributed by atoms with E-state index in [0.29, 0.717) is 12.8 Å². The molecule has 0 aromatic rings. The Bertz CT molecular complexity index is 953. The predicted octanol–water partition coefficient (Wildman–Crippen LogP) is 10.2. The van der Waals surface area contributed by atoms with Crippen LogP contribution in [-0.2, 0) is 24.2 Å². The lowest BCUT2D eigenvalue weighted by Gasteiger charge is -2.55. The Morgan fingerprint density at radius 1 is 0.529 bits per heavy atom. The number of unbranched alkanes of at least 4 members (excludes halogenated alkanes) is 24. The van der Waals surface area contributed by atoms with Crippen LogP contribution >= 0.6 is 0 Å². The van der Waals surface area contributed by atoms with E-state index in [-0.39, 0.29) is 12.8 Å². The number of Topliss-reactive ketones (excluding diaryl/α,β-unsaturated/α-hetero) is 2. The van der Waals surface area contributed by atoms with Gasteiger partial charge in [0.25, 0.3) is 0 Å². The highest BCUT2D eigenvalue weighted by Crippen LogP contribution is 2.51. The second-order valence-electron chi connectivity index (χ2n) is 15.7. The molecule has 304 valence electrons. The van der Waals surface area contributed by atoms with Crippen molar-refractivity contribution < 1.29 is 42.1 Å². The summed E-state index contributed by atoms with van der Waals surface area (Å²) in [4.78, 5) is 27.4. The van der Waals surface area contributed by atoms with E-state index in [1.165, 1.54) is 110 Å². The molecule has 0 rings (SSSR count). The first-order chi connectivity index (χ1) is 24.0. The van der Waals surface area contributed by atoms with Crippen molar-refractivity contribution in [2.24, 2.45) is 5.41 Å². The molecule has 0 amide bonds. The van der Waals surface area contributed by atoms with Gasteiger partial charge >= 0.3 is 10.4 Å². The number of aliphatic hydroxyl groups is 3. The molecule has 0 aliphatic heterocycles. The average molecular weight is 749 g/mol. The van der Waals surface area contributed by atoms with Crippen LogP contribution < -0.4 is 0 Å². The molecule has 0 aliphatic carbocycles. The lowest BCUT2D eigenvalue weighted by Crippen LogP contribution is -2.74. The number of hydrogen-bond acceptors (Lipinski definition) is 8. The van der Waals surface area contributed by atoms with Crippen LogP contribution in [0.1, 0.15) is 221 Å². The van der Waals surface area contributed by atoms with E-state index < -0.39 is 50.8 Å². The number of rotatable bonds is 36. The van der Waals surface area contributed by atoms with Gasteiger partial charge in [0.2, 0.25) is 0 Å². The van der Waals surface area contributed by atoms with E-state index >= 15 is 0 Å². The van der Waals surface area contributed by atoms with Gasteiger partial charge in [-0.3, -0.25) is 14.1 Å². The summed E-state index contributed by atoms with van der Waals surface area (Å²) in [5.41, 5.74) is -7.69. The van der Waals surface area contributed by atoms with Crippen LogP contribution in [0.3, 0.4) is 0 Å². The van der Waals surface area contributed by atoms with Crippen molar-refractivity contribution in [3.63, 3.8) is 0 Å². The molecule has 0 fully saturated rings. The first kappa shape index (κ1) is 50.1. The Labute approximate surface area is 313 Å². The van der Waals surface area contributed by atoms with Crippen molar-refractivity contribution in [3.8, 4) is 0 Å². The Morgan fingerprint density at radius 2 is 0.765 bits per heavy atom. The zero-order chi connectivity index (χ0) is 38.8. The van der Waals surface area contributed by atoms with Crippen molar-refractivity contribution >= 4 is 22.0 Å². The highest BCUT2D eigenvalue weighted by Gasteiger charge is 2.69.